The van der Waals surface area contributed by atoms with Crippen LogP contribution in [-0.2, 0) is 13.1 Å². The van der Waals surface area contributed by atoms with Gasteiger partial charge in [0, 0.05) is 39.1 Å². The van der Waals surface area contributed by atoms with Crippen LogP contribution in [-0.4, -0.2) is 46.7 Å². The van der Waals surface area contributed by atoms with E-state index in [1.807, 2.05) is 0 Å². The zero-order chi connectivity index (χ0) is 18.4. The molecule has 26 heavy (non-hydrogen) atoms. The topological polar surface area (TPSA) is 78.6 Å². The van der Waals surface area contributed by atoms with Crippen molar-refractivity contribution in [2.45, 2.75) is 51.9 Å². The number of nitrogens with one attached hydrogen (secondary N) is 2. The molecule has 0 spiro atoms. The summed E-state index contributed by atoms with van der Waals surface area (Å²) < 4.78 is 4.99. The molecule has 0 radical (unpaired) electrons. The molecule has 2 unspecified atom stereocenters. The van der Waals surface area contributed by atoms with E-state index in [0.29, 0.717) is 30.3 Å². The van der Waals surface area contributed by atoms with Crippen molar-refractivity contribution in [2.75, 3.05) is 13.6 Å². The van der Waals surface area contributed by atoms with Gasteiger partial charge in [0.05, 0.1) is 6.54 Å². The smallest absolute Gasteiger partial charge is 0.223 e. The summed E-state index contributed by atoms with van der Waals surface area (Å²) in [7, 11) is 1.78. The van der Waals surface area contributed by atoms with Crippen LogP contribution in [0.25, 0.3) is 0 Å². The molecule has 1 aliphatic heterocycles. The third-order valence-corrected chi connectivity index (χ3v) is 4.79. The van der Waals surface area contributed by atoms with Gasteiger partial charge in [0.25, 0.3) is 0 Å². The second kappa shape index (κ2) is 8.80. The molecule has 1 aliphatic rings. The van der Waals surface area contributed by atoms with Crippen LogP contribution >= 0.6 is 0 Å². The Labute approximate surface area is 154 Å². The molecule has 7 heteroatoms. The average molecular weight is 356 g/mol. The van der Waals surface area contributed by atoms with E-state index < -0.39 is 0 Å². The summed E-state index contributed by atoms with van der Waals surface area (Å²) in [6.07, 6.45) is 2.19. The van der Waals surface area contributed by atoms with Crippen LogP contribution in [0.5, 0.6) is 0 Å². The van der Waals surface area contributed by atoms with Crippen molar-refractivity contribution in [1.29, 1.82) is 0 Å². The SMILES string of the molecule is CN=C(NCc1noc(C)n1)NC1CCN(Cc2ccccc2)C(C)C1. The summed E-state index contributed by atoms with van der Waals surface area (Å²) >= 11 is 0. The van der Waals surface area contributed by atoms with E-state index in [2.05, 4.69) is 67.9 Å². The molecule has 2 heterocycles. The predicted molar refractivity (Wildman–Crippen MR) is 102 cm³/mol. The number of likely N-dealkylation sites (tertiary alicyclic amines) is 1. The fourth-order valence-corrected chi connectivity index (χ4v) is 3.37. The molecular weight excluding hydrogens is 328 g/mol. The number of rotatable bonds is 5. The lowest BCUT2D eigenvalue weighted by atomic mass is 9.97. The van der Waals surface area contributed by atoms with Gasteiger partial charge in [-0.05, 0) is 25.3 Å². The van der Waals surface area contributed by atoms with E-state index in [1.54, 1.807) is 14.0 Å². The summed E-state index contributed by atoms with van der Waals surface area (Å²) in [6.45, 7) is 6.68. The van der Waals surface area contributed by atoms with Gasteiger partial charge in [-0.25, -0.2) is 0 Å². The minimum absolute atomic E-state index is 0.412. The Balaban J connectivity index is 1.46. The Hall–Kier alpha value is -2.41. The van der Waals surface area contributed by atoms with Crippen molar-refractivity contribution >= 4 is 5.96 Å². The number of aromatic nitrogens is 2. The fraction of sp³-hybridized carbons (Fsp3) is 0.526. The molecule has 7 nitrogen and oxygen atoms in total. The highest BCUT2D eigenvalue weighted by Gasteiger charge is 2.26. The molecule has 0 saturated carbocycles. The Morgan fingerprint density at radius 1 is 1.35 bits per heavy atom. The molecule has 1 aromatic heterocycles. The van der Waals surface area contributed by atoms with Crippen LogP contribution in [0.3, 0.4) is 0 Å². The largest absolute Gasteiger partial charge is 0.354 e. The lowest BCUT2D eigenvalue weighted by Crippen LogP contribution is -2.51. The molecule has 1 saturated heterocycles. The van der Waals surface area contributed by atoms with Gasteiger partial charge < -0.3 is 15.2 Å². The molecule has 0 aliphatic carbocycles. The van der Waals surface area contributed by atoms with Crippen LogP contribution in [0.2, 0.25) is 0 Å². The summed E-state index contributed by atoms with van der Waals surface area (Å²) in [5, 5.41) is 10.7. The molecule has 3 rings (SSSR count). The molecule has 1 aromatic carbocycles. The number of aryl methyl sites for hydroxylation is 1. The van der Waals surface area contributed by atoms with Crippen molar-refractivity contribution in [3.63, 3.8) is 0 Å². The first kappa shape index (κ1) is 18.4. The summed E-state index contributed by atoms with van der Waals surface area (Å²) in [6, 6.07) is 11.6. The second-order valence-corrected chi connectivity index (χ2v) is 6.83. The number of aliphatic imine (C=N–C) groups is 1. The van der Waals surface area contributed by atoms with Gasteiger partial charge in [-0.3, -0.25) is 9.89 Å². The van der Waals surface area contributed by atoms with Crippen molar-refractivity contribution in [3.8, 4) is 0 Å². The first-order valence-corrected chi connectivity index (χ1v) is 9.18. The van der Waals surface area contributed by atoms with E-state index in [4.69, 9.17) is 4.52 Å². The fourth-order valence-electron chi connectivity index (χ4n) is 3.37. The van der Waals surface area contributed by atoms with Gasteiger partial charge in [-0.1, -0.05) is 35.5 Å². The second-order valence-electron chi connectivity index (χ2n) is 6.83. The van der Waals surface area contributed by atoms with Crippen LogP contribution in [0.4, 0.5) is 0 Å². The zero-order valence-corrected chi connectivity index (χ0v) is 15.8. The van der Waals surface area contributed by atoms with Gasteiger partial charge >= 0.3 is 0 Å². The Morgan fingerprint density at radius 3 is 2.81 bits per heavy atom. The Kier molecular flexibility index (Phi) is 6.22. The number of piperidine rings is 1. The third kappa shape index (κ3) is 5.05. The Bertz CT molecular complexity index is 714. The van der Waals surface area contributed by atoms with Crippen molar-refractivity contribution in [2.24, 2.45) is 4.99 Å². The number of hydrogen-bond donors (Lipinski definition) is 2. The van der Waals surface area contributed by atoms with Gasteiger partial charge in [-0.15, -0.1) is 0 Å². The summed E-state index contributed by atoms with van der Waals surface area (Å²) in [5.41, 5.74) is 1.37. The molecule has 140 valence electrons. The van der Waals surface area contributed by atoms with Crippen LogP contribution in [0.1, 0.15) is 37.0 Å². The first-order chi connectivity index (χ1) is 12.6. The number of nitrogens with zero attached hydrogens (tertiary/aromatic N) is 4. The number of guanidine groups is 1. The summed E-state index contributed by atoms with van der Waals surface area (Å²) in [4.78, 5) is 11.1. The van der Waals surface area contributed by atoms with E-state index in [1.165, 1.54) is 5.56 Å². The molecule has 2 N–H and O–H groups in total. The maximum atomic E-state index is 4.99. The summed E-state index contributed by atoms with van der Waals surface area (Å²) in [5.74, 6) is 1.99. The molecule has 2 aromatic rings. The predicted octanol–water partition coefficient (Wildman–Crippen LogP) is 2.10. The highest BCUT2D eigenvalue weighted by atomic mass is 16.5. The van der Waals surface area contributed by atoms with E-state index in [0.717, 1.165) is 31.9 Å². The first-order valence-electron chi connectivity index (χ1n) is 9.18. The highest BCUT2D eigenvalue weighted by Crippen LogP contribution is 2.19. The molecule has 2 atom stereocenters. The minimum Gasteiger partial charge on any atom is -0.354 e. The van der Waals surface area contributed by atoms with Crippen molar-refractivity contribution in [1.82, 2.24) is 25.7 Å². The molecule has 0 amide bonds. The maximum Gasteiger partial charge on any atom is 0.223 e. The number of benzene rings is 1. The van der Waals surface area contributed by atoms with Crippen LogP contribution < -0.4 is 10.6 Å². The number of hydrogen-bond acceptors (Lipinski definition) is 5. The van der Waals surface area contributed by atoms with Crippen molar-refractivity contribution in [3.05, 3.63) is 47.6 Å². The third-order valence-electron chi connectivity index (χ3n) is 4.79. The van der Waals surface area contributed by atoms with Gasteiger partial charge in [0.1, 0.15) is 0 Å². The normalized spacial score (nSPS) is 21.6. The van der Waals surface area contributed by atoms with E-state index >= 15 is 0 Å². The standard InChI is InChI=1S/C19H28N6O/c1-14-11-17(9-10-25(14)13-16-7-5-4-6-8-16)23-19(20-3)21-12-18-22-15(2)26-24-18/h4-8,14,17H,9-13H2,1-3H3,(H2,20,21,23). The highest BCUT2D eigenvalue weighted by molar-refractivity contribution is 5.79. The van der Waals surface area contributed by atoms with Gasteiger partial charge in [-0.2, -0.15) is 4.98 Å². The van der Waals surface area contributed by atoms with Gasteiger partial charge in [0.2, 0.25) is 5.89 Å². The lowest BCUT2D eigenvalue weighted by molar-refractivity contribution is 0.134. The zero-order valence-electron chi connectivity index (χ0n) is 15.8. The van der Waals surface area contributed by atoms with Crippen molar-refractivity contribution < 1.29 is 4.52 Å². The lowest BCUT2D eigenvalue weighted by Gasteiger charge is -2.38. The van der Waals surface area contributed by atoms with E-state index in [9.17, 15) is 0 Å². The van der Waals surface area contributed by atoms with Crippen LogP contribution in [0.15, 0.2) is 39.8 Å². The quantitative estimate of drug-likeness (QED) is 0.631. The minimum atomic E-state index is 0.412. The monoisotopic (exact) mass is 356 g/mol. The molecular formula is C19H28N6O. The Morgan fingerprint density at radius 2 is 2.15 bits per heavy atom. The molecule has 0 bridgehead atoms. The molecule has 1 fully saturated rings. The average Bonchev–Trinajstić information content (AvgIpc) is 3.07. The maximum absolute atomic E-state index is 4.99. The van der Waals surface area contributed by atoms with Gasteiger partial charge in [0.15, 0.2) is 11.8 Å². The van der Waals surface area contributed by atoms with E-state index in [-0.39, 0.29) is 0 Å². The van der Waals surface area contributed by atoms with Crippen LogP contribution in [0, 0.1) is 6.92 Å².